The molecule has 0 aromatic carbocycles. The van der Waals surface area contributed by atoms with Crippen molar-refractivity contribution in [1.82, 2.24) is 0 Å². The zero-order valence-corrected chi connectivity index (χ0v) is 7.80. The average molecular weight is 168 g/mol. The molecule has 0 amide bonds. The summed E-state index contributed by atoms with van der Waals surface area (Å²) in [5, 5.41) is 0. The maximum absolute atomic E-state index is 11.1. The topological polar surface area (TPSA) is 34.1 Å². The van der Waals surface area contributed by atoms with Gasteiger partial charge in [0.05, 0.1) is 0 Å². The van der Waals surface area contributed by atoms with Gasteiger partial charge in [0.2, 0.25) is 0 Å². The monoisotopic (exact) mass is 168 g/mol. The van der Waals surface area contributed by atoms with Crippen molar-refractivity contribution in [2.45, 2.75) is 33.1 Å². The molecule has 0 aliphatic carbocycles. The van der Waals surface area contributed by atoms with E-state index in [9.17, 15) is 9.59 Å². The van der Waals surface area contributed by atoms with E-state index in [1.165, 1.54) is 0 Å². The highest BCUT2D eigenvalue weighted by molar-refractivity contribution is 6.37. The van der Waals surface area contributed by atoms with Crippen LogP contribution < -0.4 is 0 Å². The summed E-state index contributed by atoms with van der Waals surface area (Å²) in [6.45, 7) is 7.35. The molecule has 2 nitrogen and oxygen atoms in total. The number of carbonyl (C=O) groups excluding carboxylic acids is 2. The zero-order valence-electron chi connectivity index (χ0n) is 7.80. The molecule has 0 saturated carbocycles. The molecule has 0 heterocycles. The van der Waals surface area contributed by atoms with Crippen LogP contribution in [0.25, 0.3) is 0 Å². The molecule has 0 spiro atoms. The fourth-order valence-electron chi connectivity index (χ4n) is 0.857. The summed E-state index contributed by atoms with van der Waals surface area (Å²) in [5.74, 6) is -0.236. The molecule has 0 aromatic rings. The smallest absolute Gasteiger partial charge is 0.198 e. The Morgan fingerprint density at radius 2 is 1.92 bits per heavy atom. The molecule has 0 radical (unpaired) electrons. The van der Waals surface area contributed by atoms with Crippen LogP contribution in [0, 0.1) is 5.92 Å². The van der Waals surface area contributed by atoms with Gasteiger partial charge in [0.1, 0.15) is 0 Å². The molecule has 0 aliphatic heterocycles. The maximum atomic E-state index is 11.1. The molecule has 0 aromatic heterocycles. The number of Topliss-reactive ketones (excluding diaryl/α,β-unsaturated/α-hetero) is 2. The van der Waals surface area contributed by atoms with Crippen molar-refractivity contribution >= 4 is 11.6 Å². The van der Waals surface area contributed by atoms with E-state index < -0.39 is 0 Å². The van der Waals surface area contributed by atoms with E-state index in [4.69, 9.17) is 0 Å². The minimum atomic E-state index is -0.261. The summed E-state index contributed by atoms with van der Waals surface area (Å²) >= 11 is 0. The first-order chi connectivity index (χ1) is 5.57. The van der Waals surface area contributed by atoms with E-state index in [2.05, 4.69) is 6.58 Å². The molecule has 0 unspecified atom stereocenters. The van der Waals surface area contributed by atoms with Crippen LogP contribution >= 0.6 is 0 Å². The number of rotatable bonds is 6. The SMILES string of the molecule is C=CCCC(=O)C(=O)CC(C)C. The van der Waals surface area contributed by atoms with Gasteiger partial charge in [-0.2, -0.15) is 0 Å². The summed E-state index contributed by atoms with van der Waals surface area (Å²) < 4.78 is 0. The zero-order chi connectivity index (χ0) is 9.56. The highest BCUT2D eigenvalue weighted by Crippen LogP contribution is 2.03. The van der Waals surface area contributed by atoms with Gasteiger partial charge in [0.15, 0.2) is 11.6 Å². The lowest BCUT2D eigenvalue weighted by Crippen LogP contribution is -2.15. The third-order valence-corrected chi connectivity index (χ3v) is 1.48. The summed E-state index contributed by atoms with van der Waals surface area (Å²) in [7, 11) is 0. The molecule has 0 aliphatic rings. The molecule has 0 N–H and O–H groups in total. The predicted molar refractivity (Wildman–Crippen MR) is 48.9 cm³/mol. The lowest BCUT2D eigenvalue weighted by atomic mass is 10.0. The number of carbonyl (C=O) groups is 2. The fourth-order valence-corrected chi connectivity index (χ4v) is 0.857. The largest absolute Gasteiger partial charge is 0.291 e. The van der Waals surface area contributed by atoms with Crippen molar-refractivity contribution in [2.24, 2.45) is 5.92 Å². The summed E-state index contributed by atoms with van der Waals surface area (Å²) in [5.41, 5.74) is 0. The second-order valence-corrected chi connectivity index (χ2v) is 3.27. The number of hydrogen-bond donors (Lipinski definition) is 0. The summed E-state index contributed by atoms with van der Waals surface area (Å²) in [4.78, 5) is 22.1. The van der Waals surface area contributed by atoms with E-state index in [1.54, 1.807) is 6.08 Å². The first kappa shape index (κ1) is 11.1. The minimum absolute atomic E-state index is 0.244. The molecular formula is C10H16O2. The van der Waals surface area contributed by atoms with Gasteiger partial charge in [-0.15, -0.1) is 6.58 Å². The van der Waals surface area contributed by atoms with Crippen molar-refractivity contribution in [1.29, 1.82) is 0 Å². The number of hydrogen-bond acceptors (Lipinski definition) is 2. The Morgan fingerprint density at radius 1 is 1.33 bits per heavy atom. The van der Waals surface area contributed by atoms with E-state index in [0.717, 1.165) is 0 Å². The Hall–Kier alpha value is -0.920. The molecule has 2 heteroatoms. The van der Waals surface area contributed by atoms with Crippen LogP contribution in [0.5, 0.6) is 0 Å². The van der Waals surface area contributed by atoms with Crippen LogP contribution in [0.2, 0.25) is 0 Å². The fraction of sp³-hybridized carbons (Fsp3) is 0.600. The van der Waals surface area contributed by atoms with Gasteiger partial charge < -0.3 is 0 Å². The highest BCUT2D eigenvalue weighted by Gasteiger charge is 2.13. The van der Waals surface area contributed by atoms with Gasteiger partial charge in [0, 0.05) is 12.8 Å². The normalized spacial score (nSPS) is 9.92. The Balaban J connectivity index is 3.77. The average Bonchev–Trinajstić information content (AvgIpc) is 1.98. The first-order valence-corrected chi connectivity index (χ1v) is 4.24. The van der Waals surface area contributed by atoms with Crippen molar-refractivity contribution in [3.05, 3.63) is 12.7 Å². The maximum Gasteiger partial charge on any atom is 0.198 e. The van der Waals surface area contributed by atoms with Crippen LogP contribution in [-0.2, 0) is 9.59 Å². The Labute approximate surface area is 73.7 Å². The summed E-state index contributed by atoms with van der Waals surface area (Å²) in [6.07, 6.45) is 2.94. The van der Waals surface area contributed by atoms with Crippen LogP contribution in [0.1, 0.15) is 33.1 Å². The third kappa shape index (κ3) is 4.83. The standard InChI is InChI=1S/C10H16O2/c1-4-5-6-9(11)10(12)7-8(2)3/h4,8H,1,5-7H2,2-3H3. The van der Waals surface area contributed by atoms with Gasteiger partial charge >= 0.3 is 0 Å². The molecule has 0 atom stereocenters. The van der Waals surface area contributed by atoms with Gasteiger partial charge in [0.25, 0.3) is 0 Å². The highest BCUT2D eigenvalue weighted by atomic mass is 16.2. The molecule has 0 fully saturated rings. The minimum Gasteiger partial charge on any atom is -0.291 e. The van der Waals surface area contributed by atoms with Gasteiger partial charge in [-0.25, -0.2) is 0 Å². The van der Waals surface area contributed by atoms with Crippen molar-refractivity contribution in [2.75, 3.05) is 0 Å². The summed E-state index contributed by atoms with van der Waals surface area (Å²) in [6, 6.07) is 0. The molecule has 68 valence electrons. The van der Waals surface area contributed by atoms with Crippen molar-refractivity contribution in [3.8, 4) is 0 Å². The van der Waals surface area contributed by atoms with Gasteiger partial charge in [-0.1, -0.05) is 19.9 Å². The Kier molecular flexibility index (Phi) is 5.26. The van der Waals surface area contributed by atoms with E-state index in [0.29, 0.717) is 19.3 Å². The number of allylic oxidation sites excluding steroid dienone is 1. The lowest BCUT2D eigenvalue weighted by molar-refractivity contribution is -0.137. The Bertz CT molecular complexity index is 180. The van der Waals surface area contributed by atoms with E-state index in [1.807, 2.05) is 13.8 Å². The van der Waals surface area contributed by atoms with E-state index in [-0.39, 0.29) is 17.5 Å². The van der Waals surface area contributed by atoms with Crippen molar-refractivity contribution < 1.29 is 9.59 Å². The molecule has 0 bridgehead atoms. The quantitative estimate of drug-likeness (QED) is 0.450. The van der Waals surface area contributed by atoms with Crippen LogP contribution in [0.15, 0.2) is 12.7 Å². The van der Waals surface area contributed by atoms with Crippen LogP contribution in [0.4, 0.5) is 0 Å². The molecule has 0 rings (SSSR count). The first-order valence-electron chi connectivity index (χ1n) is 4.24. The second kappa shape index (κ2) is 5.70. The van der Waals surface area contributed by atoms with Crippen molar-refractivity contribution in [3.63, 3.8) is 0 Å². The molecule has 0 saturated heterocycles. The van der Waals surface area contributed by atoms with Gasteiger partial charge in [-0.05, 0) is 12.3 Å². The molecular weight excluding hydrogens is 152 g/mol. The lowest BCUT2D eigenvalue weighted by Gasteiger charge is -2.01. The van der Waals surface area contributed by atoms with Crippen LogP contribution in [-0.4, -0.2) is 11.6 Å². The number of ketones is 2. The molecule has 12 heavy (non-hydrogen) atoms. The van der Waals surface area contributed by atoms with Crippen LogP contribution in [0.3, 0.4) is 0 Å². The third-order valence-electron chi connectivity index (χ3n) is 1.48. The van der Waals surface area contributed by atoms with E-state index >= 15 is 0 Å². The van der Waals surface area contributed by atoms with Gasteiger partial charge in [-0.3, -0.25) is 9.59 Å². The Morgan fingerprint density at radius 3 is 2.33 bits per heavy atom. The second-order valence-electron chi connectivity index (χ2n) is 3.27. The predicted octanol–water partition coefficient (Wildman–Crippen LogP) is 2.14.